The van der Waals surface area contributed by atoms with Gasteiger partial charge in [0.25, 0.3) is 0 Å². The zero-order chi connectivity index (χ0) is 7.56. The molecule has 0 spiro atoms. The van der Waals surface area contributed by atoms with Crippen LogP contribution in [-0.4, -0.2) is 23.1 Å². The molecule has 0 atom stereocenters. The molecule has 0 radical (unpaired) electrons. The highest BCUT2D eigenvalue weighted by atomic mass is 16.2. The summed E-state index contributed by atoms with van der Waals surface area (Å²) in [4.78, 5) is 23.0. The van der Waals surface area contributed by atoms with Crippen molar-refractivity contribution in [2.24, 2.45) is 0 Å². The van der Waals surface area contributed by atoms with Gasteiger partial charge in [0, 0.05) is 19.0 Å². The molecule has 0 unspecified atom stereocenters. The van der Waals surface area contributed by atoms with Crippen molar-refractivity contribution in [3.05, 3.63) is 12.8 Å². The molecule has 54 valence electrons. The highest BCUT2D eigenvalue weighted by Crippen LogP contribution is 2.06. The molecular weight excluding hydrogens is 130 g/mol. The molecule has 0 aliphatic carbocycles. The van der Waals surface area contributed by atoms with Crippen LogP contribution in [0.3, 0.4) is 0 Å². The molecule has 0 saturated carbocycles. The largest absolute Gasteiger partial charge is 0.312 e. The summed E-state index contributed by atoms with van der Waals surface area (Å²) >= 11 is 0. The normalized spacial score (nSPS) is 19.4. The summed E-state index contributed by atoms with van der Waals surface area (Å²) in [5.41, 5.74) is 0. The molecule has 0 aromatic heterocycles. The number of hydrogen-bond donors (Lipinski definition) is 0. The first-order chi connectivity index (χ1) is 4.74. The number of carbonyl (C=O) groups is 2. The van der Waals surface area contributed by atoms with Crippen molar-refractivity contribution in [1.29, 1.82) is 0 Å². The Morgan fingerprint density at radius 1 is 1.40 bits per heavy atom. The number of Topliss-reactive ketones (excluding diaryl/α,β-unsaturated/α-hetero) is 1. The molecule has 1 aliphatic rings. The molecule has 1 saturated heterocycles. The van der Waals surface area contributed by atoms with Gasteiger partial charge in [-0.3, -0.25) is 9.59 Å². The fourth-order valence-electron chi connectivity index (χ4n) is 0.914. The van der Waals surface area contributed by atoms with Crippen LogP contribution < -0.4 is 0 Å². The first-order valence-corrected chi connectivity index (χ1v) is 3.18. The topological polar surface area (TPSA) is 37.4 Å². The van der Waals surface area contributed by atoms with Crippen LogP contribution in [0.5, 0.6) is 0 Å². The number of amides is 1. The maximum atomic E-state index is 10.9. The summed E-state index contributed by atoms with van der Waals surface area (Å²) in [6.45, 7) is 3.63. The summed E-state index contributed by atoms with van der Waals surface area (Å²) in [6, 6.07) is 0. The minimum absolute atomic E-state index is 0.00500. The second kappa shape index (κ2) is 2.64. The second-order valence-corrected chi connectivity index (χ2v) is 2.24. The molecule has 1 amide bonds. The number of piperidine rings is 1. The van der Waals surface area contributed by atoms with Crippen LogP contribution in [0, 0.1) is 0 Å². The maximum absolute atomic E-state index is 10.9. The van der Waals surface area contributed by atoms with Gasteiger partial charge >= 0.3 is 0 Å². The summed E-state index contributed by atoms with van der Waals surface area (Å²) in [6.07, 6.45) is 2.13. The molecular formula is C7H9NO2. The van der Waals surface area contributed by atoms with E-state index >= 15 is 0 Å². The molecule has 10 heavy (non-hydrogen) atoms. The van der Waals surface area contributed by atoms with Gasteiger partial charge in [0.15, 0.2) is 5.78 Å². The van der Waals surface area contributed by atoms with Crippen molar-refractivity contribution >= 4 is 11.7 Å². The molecule has 1 heterocycles. The van der Waals surface area contributed by atoms with E-state index in [-0.39, 0.29) is 18.2 Å². The fourth-order valence-corrected chi connectivity index (χ4v) is 0.914. The molecule has 1 rings (SSSR count). The first-order valence-electron chi connectivity index (χ1n) is 3.18. The third kappa shape index (κ3) is 1.23. The van der Waals surface area contributed by atoms with Crippen molar-refractivity contribution in [3.8, 4) is 0 Å². The van der Waals surface area contributed by atoms with Crippen molar-refractivity contribution in [2.75, 3.05) is 6.54 Å². The zero-order valence-electron chi connectivity index (χ0n) is 5.67. The highest BCUT2D eigenvalue weighted by molar-refractivity contribution is 5.93. The molecule has 0 bridgehead atoms. The Hall–Kier alpha value is -1.12. The second-order valence-electron chi connectivity index (χ2n) is 2.24. The van der Waals surface area contributed by atoms with Gasteiger partial charge in [0.05, 0.1) is 6.54 Å². The van der Waals surface area contributed by atoms with Crippen molar-refractivity contribution in [2.45, 2.75) is 12.8 Å². The number of rotatable bonds is 1. The van der Waals surface area contributed by atoms with E-state index in [1.54, 1.807) is 0 Å². The van der Waals surface area contributed by atoms with Gasteiger partial charge in [-0.25, -0.2) is 0 Å². The van der Waals surface area contributed by atoms with Crippen molar-refractivity contribution < 1.29 is 9.59 Å². The Morgan fingerprint density at radius 3 is 2.60 bits per heavy atom. The predicted molar refractivity (Wildman–Crippen MR) is 36.2 cm³/mol. The number of carbonyl (C=O) groups excluding carboxylic acids is 2. The minimum Gasteiger partial charge on any atom is -0.312 e. The molecule has 3 heteroatoms. The van der Waals surface area contributed by atoms with Gasteiger partial charge in [-0.15, -0.1) is 0 Å². The summed E-state index contributed by atoms with van der Waals surface area (Å²) in [7, 11) is 0. The van der Waals surface area contributed by atoms with Crippen LogP contribution in [0.2, 0.25) is 0 Å². The third-order valence-corrected chi connectivity index (χ3v) is 1.51. The van der Waals surface area contributed by atoms with Gasteiger partial charge < -0.3 is 4.90 Å². The number of likely N-dealkylation sites (tertiary alicyclic amines) is 1. The lowest BCUT2D eigenvalue weighted by Crippen LogP contribution is -2.35. The number of hydrogen-bond acceptors (Lipinski definition) is 2. The predicted octanol–water partition coefficient (Wildman–Crippen LogP) is 0.321. The molecule has 3 nitrogen and oxygen atoms in total. The summed E-state index contributed by atoms with van der Waals surface area (Å²) in [5, 5.41) is 0. The lowest BCUT2D eigenvalue weighted by Gasteiger charge is -2.21. The Bertz CT molecular complexity index is 186. The first kappa shape index (κ1) is 6.99. The van der Waals surface area contributed by atoms with E-state index in [9.17, 15) is 9.59 Å². The van der Waals surface area contributed by atoms with Crippen LogP contribution in [0.4, 0.5) is 0 Å². The van der Waals surface area contributed by atoms with Gasteiger partial charge in [0.2, 0.25) is 5.91 Å². The van der Waals surface area contributed by atoms with Gasteiger partial charge in [0.1, 0.15) is 0 Å². The van der Waals surface area contributed by atoms with E-state index in [1.807, 2.05) is 0 Å². The Kier molecular flexibility index (Phi) is 1.85. The van der Waals surface area contributed by atoms with Gasteiger partial charge in [-0.2, -0.15) is 0 Å². The van der Waals surface area contributed by atoms with Crippen LogP contribution in [-0.2, 0) is 9.59 Å². The molecule has 0 aromatic rings. The SMILES string of the molecule is C=CN1CC(=O)CCC1=O. The third-order valence-electron chi connectivity index (χ3n) is 1.51. The lowest BCUT2D eigenvalue weighted by atomic mass is 10.1. The average Bonchev–Trinajstić information content (AvgIpc) is 1.94. The van der Waals surface area contributed by atoms with E-state index < -0.39 is 0 Å². The van der Waals surface area contributed by atoms with Crippen LogP contribution in [0.15, 0.2) is 12.8 Å². The average molecular weight is 139 g/mol. The van der Waals surface area contributed by atoms with Crippen LogP contribution in [0.1, 0.15) is 12.8 Å². The molecule has 1 aliphatic heterocycles. The minimum atomic E-state index is -0.00500. The molecule has 1 fully saturated rings. The monoisotopic (exact) mass is 139 g/mol. The fraction of sp³-hybridized carbons (Fsp3) is 0.429. The van der Waals surface area contributed by atoms with E-state index in [0.29, 0.717) is 12.8 Å². The maximum Gasteiger partial charge on any atom is 0.227 e. The molecule has 0 aromatic carbocycles. The zero-order valence-corrected chi connectivity index (χ0v) is 5.67. The highest BCUT2D eigenvalue weighted by Gasteiger charge is 2.20. The van der Waals surface area contributed by atoms with E-state index in [0.717, 1.165) is 0 Å². The Labute approximate surface area is 59.3 Å². The molecule has 0 N–H and O–H groups in total. The van der Waals surface area contributed by atoms with Gasteiger partial charge in [-0.05, 0) is 0 Å². The van der Waals surface area contributed by atoms with Gasteiger partial charge in [-0.1, -0.05) is 6.58 Å². The van der Waals surface area contributed by atoms with E-state index in [4.69, 9.17) is 0 Å². The van der Waals surface area contributed by atoms with E-state index in [2.05, 4.69) is 6.58 Å². The number of ketones is 1. The standard InChI is InChI=1S/C7H9NO2/c1-2-8-5-6(9)3-4-7(8)10/h2H,1,3-5H2. The van der Waals surface area contributed by atoms with Crippen molar-refractivity contribution in [3.63, 3.8) is 0 Å². The Morgan fingerprint density at radius 2 is 2.10 bits per heavy atom. The summed E-state index contributed by atoms with van der Waals surface area (Å²) < 4.78 is 0. The Balaban J connectivity index is 2.62. The van der Waals surface area contributed by atoms with Crippen molar-refractivity contribution in [1.82, 2.24) is 4.90 Å². The quantitative estimate of drug-likeness (QED) is 0.524. The number of nitrogens with zero attached hydrogens (tertiary/aromatic N) is 1. The summed E-state index contributed by atoms with van der Waals surface area (Å²) in [5.74, 6) is 0.106. The van der Waals surface area contributed by atoms with E-state index in [1.165, 1.54) is 11.1 Å². The van der Waals surface area contributed by atoms with Crippen LogP contribution >= 0.6 is 0 Å². The lowest BCUT2D eigenvalue weighted by molar-refractivity contribution is -0.137. The van der Waals surface area contributed by atoms with Crippen LogP contribution in [0.25, 0.3) is 0 Å². The smallest absolute Gasteiger partial charge is 0.227 e.